The molecule has 0 saturated carbocycles. The molecule has 4 rings (SSSR count). The van der Waals surface area contributed by atoms with Gasteiger partial charge in [0.2, 0.25) is 5.91 Å². The summed E-state index contributed by atoms with van der Waals surface area (Å²) in [5.41, 5.74) is 13.1. The van der Waals surface area contributed by atoms with E-state index in [1.807, 2.05) is 0 Å². The van der Waals surface area contributed by atoms with Crippen molar-refractivity contribution in [2.24, 2.45) is 11.5 Å². The first kappa shape index (κ1) is 20.7. The average molecular weight is 448 g/mol. The molecule has 3 heterocycles. The summed E-state index contributed by atoms with van der Waals surface area (Å²) in [4.78, 5) is 18.4. The van der Waals surface area contributed by atoms with E-state index in [9.17, 15) is 18.3 Å². The third-order valence-electron chi connectivity index (χ3n) is 4.97. The number of rotatable bonds is 6. The molecule has 158 valence electrons. The predicted octanol–water partition coefficient (Wildman–Crippen LogP) is 0.997. The molecule has 1 aliphatic heterocycles. The van der Waals surface area contributed by atoms with Crippen LogP contribution in [0.3, 0.4) is 0 Å². The Morgan fingerprint density at radius 1 is 1.30 bits per heavy atom. The molecule has 1 aromatic carbocycles. The molecule has 1 aliphatic rings. The summed E-state index contributed by atoms with van der Waals surface area (Å²) in [6, 6.07) is 8.91. The molecule has 3 aromatic rings. The van der Waals surface area contributed by atoms with Crippen LogP contribution in [0.15, 0.2) is 46.8 Å². The average Bonchev–Trinajstić information content (AvgIpc) is 3.28. The second-order valence-electron chi connectivity index (χ2n) is 7.09. The number of hydrogen-bond acceptors (Lipinski definition) is 8. The number of carbonyl (C=O) groups excluding carboxylic acids is 1. The summed E-state index contributed by atoms with van der Waals surface area (Å²) in [7, 11) is -3.86. The lowest BCUT2D eigenvalue weighted by Gasteiger charge is -2.19. The summed E-state index contributed by atoms with van der Waals surface area (Å²) in [6.07, 6.45) is 1.23. The molecular formula is C19H21N5O4S2. The van der Waals surface area contributed by atoms with E-state index in [-0.39, 0.29) is 22.4 Å². The van der Waals surface area contributed by atoms with Gasteiger partial charge in [0.25, 0.3) is 10.0 Å². The number of phenolic OH excluding ortho intramolecular Hbond substituents is 1. The molecule has 30 heavy (non-hydrogen) atoms. The van der Waals surface area contributed by atoms with Crippen molar-refractivity contribution in [1.82, 2.24) is 14.6 Å². The van der Waals surface area contributed by atoms with E-state index in [0.29, 0.717) is 29.6 Å². The highest BCUT2D eigenvalue weighted by molar-refractivity contribution is 7.91. The van der Waals surface area contributed by atoms with Crippen molar-refractivity contribution in [1.29, 1.82) is 0 Å². The molecule has 0 aliphatic carbocycles. The molecule has 1 fully saturated rings. The van der Waals surface area contributed by atoms with Crippen LogP contribution in [0, 0.1) is 0 Å². The highest BCUT2D eigenvalue weighted by Crippen LogP contribution is 2.29. The predicted molar refractivity (Wildman–Crippen MR) is 113 cm³/mol. The number of thiophene rings is 1. The number of aromatic hydroxyl groups is 1. The van der Waals surface area contributed by atoms with E-state index in [1.54, 1.807) is 30.5 Å². The number of amides is 1. The van der Waals surface area contributed by atoms with Crippen LogP contribution in [-0.4, -0.2) is 41.9 Å². The molecule has 11 heteroatoms. The van der Waals surface area contributed by atoms with Crippen LogP contribution >= 0.6 is 11.3 Å². The first-order chi connectivity index (χ1) is 14.2. The Kier molecular flexibility index (Phi) is 5.47. The van der Waals surface area contributed by atoms with Gasteiger partial charge in [-0.2, -0.15) is 4.72 Å². The topological polar surface area (TPSA) is 152 Å². The molecular weight excluding hydrogens is 426 g/mol. The molecule has 1 saturated heterocycles. The van der Waals surface area contributed by atoms with Gasteiger partial charge in [0.05, 0.1) is 16.4 Å². The van der Waals surface area contributed by atoms with Crippen LogP contribution in [0.25, 0.3) is 10.2 Å². The van der Waals surface area contributed by atoms with Gasteiger partial charge in [-0.3, -0.25) is 9.78 Å². The van der Waals surface area contributed by atoms with Crippen LogP contribution in [-0.2, 0) is 21.4 Å². The number of likely N-dealkylation sites (tertiary alicyclic amines) is 1. The first-order valence-electron chi connectivity index (χ1n) is 9.23. The van der Waals surface area contributed by atoms with Crippen LogP contribution in [0.4, 0.5) is 0 Å². The smallest absolute Gasteiger partial charge is 0.250 e. The monoisotopic (exact) mass is 447 g/mol. The number of hydrogen-bond donors (Lipinski definition) is 4. The lowest BCUT2D eigenvalue weighted by molar-refractivity contribution is -0.129. The first-order valence-corrected chi connectivity index (χ1v) is 11.5. The largest absolute Gasteiger partial charge is 0.508 e. The lowest BCUT2D eigenvalue weighted by Crippen LogP contribution is -2.41. The molecule has 2 aromatic heterocycles. The van der Waals surface area contributed by atoms with Crippen molar-refractivity contribution in [3.8, 4) is 5.75 Å². The summed E-state index contributed by atoms with van der Waals surface area (Å²) in [6.45, 7) is 0.495. The molecule has 1 atom stereocenters. The fraction of sp³-hybridized carbons (Fsp3) is 0.263. The molecule has 0 radical (unpaired) electrons. The molecule has 6 N–H and O–H groups in total. The molecule has 9 nitrogen and oxygen atoms in total. The molecule has 1 amide bonds. The van der Waals surface area contributed by atoms with E-state index >= 15 is 0 Å². The zero-order valence-electron chi connectivity index (χ0n) is 15.9. The Balaban J connectivity index is 1.49. The van der Waals surface area contributed by atoms with Gasteiger partial charge in [-0.25, -0.2) is 8.42 Å². The van der Waals surface area contributed by atoms with Gasteiger partial charge < -0.3 is 21.5 Å². The highest BCUT2D eigenvalue weighted by atomic mass is 32.2. The van der Waals surface area contributed by atoms with Crippen LogP contribution in [0.5, 0.6) is 5.75 Å². The van der Waals surface area contributed by atoms with Crippen molar-refractivity contribution in [2.45, 2.75) is 29.4 Å². The van der Waals surface area contributed by atoms with E-state index in [1.165, 1.54) is 17.0 Å². The minimum atomic E-state index is -3.86. The molecule has 0 spiro atoms. The fourth-order valence-corrected chi connectivity index (χ4v) is 5.95. The third kappa shape index (κ3) is 4.02. The van der Waals surface area contributed by atoms with Gasteiger partial charge in [-0.15, -0.1) is 11.3 Å². The second kappa shape index (κ2) is 7.93. The van der Waals surface area contributed by atoms with Gasteiger partial charge in [-0.05, 0) is 42.3 Å². The van der Waals surface area contributed by atoms with Crippen molar-refractivity contribution >= 4 is 37.5 Å². The Hall–Kier alpha value is -2.57. The zero-order chi connectivity index (χ0) is 21.5. The van der Waals surface area contributed by atoms with Crippen LogP contribution < -0.4 is 16.2 Å². The number of nitrogens with one attached hydrogen (secondary N) is 1. The summed E-state index contributed by atoms with van der Waals surface area (Å²) in [5, 5.41) is 10.1. The van der Waals surface area contributed by atoms with E-state index in [2.05, 4.69) is 9.71 Å². The van der Waals surface area contributed by atoms with Crippen LogP contribution in [0.1, 0.15) is 23.7 Å². The van der Waals surface area contributed by atoms with E-state index in [4.69, 9.17) is 11.5 Å². The van der Waals surface area contributed by atoms with Crippen molar-refractivity contribution in [3.63, 3.8) is 0 Å². The minimum Gasteiger partial charge on any atom is -0.508 e. The Labute approximate surface area is 177 Å². The fourth-order valence-electron chi connectivity index (χ4n) is 3.38. The number of nitrogens with two attached hydrogens (primary N) is 2. The number of pyridine rings is 1. The highest BCUT2D eigenvalue weighted by Gasteiger charge is 2.35. The Bertz CT molecular complexity index is 1180. The number of fused-ring (bicyclic) bond motifs is 1. The quantitative estimate of drug-likeness (QED) is 0.411. The maximum Gasteiger partial charge on any atom is 0.250 e. The number of benzene rings is 1. The van der Waals surface area contributed by atoms with E-state index in [0.717, 1.165) is 16.0 Å². The van der Waals surface area contributed by atoms with Gasteiger partial charge >= 0.3 is 0 Å². The maximum absolute atomic E-state index is 12.8. The molecule has 0 bridgehead atoms. The maximum atomic E-state index is 12.8. The lowest BCUT2D eigenvalue weighted by atomic mass is 10.1. The number of sulfonamides is 1. The summed E-state index contributed by atoms with van der Waals surface area (Å²) in [5.74, 6) is -0.325. The number of phenols is 1. The van der Waals surface area contributed by atoms with Gasteiger partial charge in [0, 0.05) is 24.8 Å². The SMILES string of the molecule is NC(N)c1ccc(O)c(CN2CCC(NS(=O)(=O)c3cc4ncccc4s3)C2=O)c1. The number of aromatic nitrogens is 1. The van der Waals surface area contributed by atoms with Gasteiger partial charge in [-0.1, -0.05) is 6.07 Å². The summed E-state index contributed by atoms with van der Waals surface area (Å²) < 4.78 is 28.9. The van der Waals surface area contributed by atoms with E-state index < -0.39 is 22.2 Å². The van der Waals surface area contributed by atoms with Crippen molar-refractivity contribution in [3.05, 3.63) is 53.7 Å². The van der Waals surface area contributed by atoms with Crippen LogP contribution in [0.2, 0.25) is 0 Å². The van der Waals surface area contributed by atoms with Gasteiger partial charge in [0.1, 0.15) is 16.0 Å². The zero-order valence-corrected chi connectivity index (χ0v) is 17.5. The standard InChI is InChI=1S/C19H21N5O4S2/c20-18(21)11-3-4-15(25)12(8-11)10-24-7-5-13(19(24)26)23-30(27,28)17-9-14-16(29-17)2-1-6-22-14/h1-4,6,8-9,13,18,23,25H,5,7,10,20-21H2. The van der Waals surface area contributed by atoms with Crippen molar-refractivity contribution in [2.75, 3.05) is 6.54 Å². The van der Waals surface area contributed by atoms with Crippen molar-refractivity contribution < 1.29 is 18.3 Å². The minimum absolute atomic E-state index is 0.0222. The number of nitrogens with zero attached hydrogens (tertiary/aromatic N) is 2. The summed E-state index contributed by atoms with van der Waals surface area (Å²) >= 11 is 1.10. The third-order valence-corrected chi connectivity index (χ3v) is 8.01. The Morgan fingerprint density at radius 2 is 2.10 bits per heavy atom. The van der Waals surface area contributed by atoms with Gasteiger partial charge in [0.15, 0.2) is 0 Å². The number of carbonyl (C=O) groups is 1. The Morgan fingerprint density at radius 3 is 2.83 bits per heavy atom. The normalized spacial score (nSPS) is 17.4. The molecule has 1 unspecified atom stereocenters. The second-order valence-corrected chi connectivity index (χ2v) is 10.1.